The van der Waals surface area contributed by atoms with E-state index in [0.717, 1.165) is 17.2 Å². The summed E-state index contributed by atoms with van der Waals surface area (Å²) in [5, 5.41) is 7.40. The molecule has 4 rings (SSSR count). The topological polar surface area (TPSA) is 72.7 Å². The lowest BCUT2D eigenvalue weighted by atomic mass is 10.2. The summed E-state index contributed by atoms with van der Waals surface area (Å²) in [7, 11) is 0. The summed E-state index contributed by atoms with van der Waals surface area (Å²) in [6, 6.07) is 11.4. The van der Waals surface area contributed by atoms with Gasteiger partial charge in [-0.2, -0.15) is 5.10 Å². The van der Waals surface area contributed by atoms with Crippen LogP contribution in [0.15, 0.2) is 48.8 Å². The number of amides is 1. The molecule has 0 atom stereocenters. The molecular formula is C19H19N5O. The third kappa shape index (κ3) is 3.57. The van der Waals surface area contributed by atoms with E-state index in [2.05, 4.69) is 26.4 Å². The lowest BCUT2D eigenvalue weighted by molar-refractivity contribution is -0.115. The van der Waals surface area contributed by atoms with Crippen LogP contribution in [0, 0.1) is 6.92 Å². The van der Waals surface area contributed by atoms with E-state index in [9.17, 15) is 4.79 Å². The van der Waals surface area contributed by atoms with Crippen molar-refractivity contribution >= 4 is 11.6 Å². The lowest BCUT2D eigenvalue weighted by Gasteiger charge is -2.08. The number of carbonyl (C=O) groups excluding carboxylic acids is 1. The Labute approximate surface area is 145 Å². The fourth-order valence-corrected chi connectivity index (χ4v) is 2.83. The minimum absolute atomic E-state index is 0.109. The van der Waals surface area contributed by atoms with Gasteiger partial charge in [0, 0.05) is 23.5 Å². The second kappa shape index (κ2) is 6.47. The Hall–Kier alpha value is -3.02. The molecule has 1 N–H and O–H groups in total. The molecule has 1 saturated carbocycles. The zero-order valence-corrected chi connectivity index (χ0v) is 14.0. The Kier molecular flexibility index (Phi) is 4.01. The molecule has 0 radical (unpaired) electrons. The zero-order valence-electron chi connectivity index (χ0n) is 14.0. The highest BCUT2D eigenvalue weighted by Crippen LogP contribution is 2.40. The standard InChI is InChI=1S/C19H19N5O/c1-13-10-17(14-5-6-14)24(23-13)18-8-7-16(12-21-18)22-19(25)11-15-4-2-3-9-20-15/h2-4,7-10,12,14H,5-6,11H2,1H3,(H,22,25). The van der Waals surface area contributed by atoms with E-state index in [1.807, 2.05) is 41.9 Å². The van der Waals surface area contributed by atoms with Gasteiger partial charge in [-0.1, -0.05) is 6.07 Å². The number of aromatic nitrogens is 4. The Balaban J connectivity index is 1.46. The average molecular weight is 333 g/mol. The number of hydrogen-bond donors (Lipinski definition) is 1. The molecule has 0 bridgehead atoms. The van der Waals surface area contributed by atoms with E-state index in [0.29, 0.717) is 11.6 Å². The Morgan fingerprint density at radius 3 is 2.80 bits per heavy atom. The third-order valence-corrected chi connectivity index (χ3v) is 4.17. The van der Waals surface area contributed by atoms with Crippen molar-refractivity contribution in [3.63, 3.8) is 0 Å². The van der Waals surface area contributed by atoms with Crippen LogP contribution in [0.4, 0.5) is 5.69 Å². The van der Waals surface area contributed by atoms with Gasteiger partial charge in [0.05, 0.1) is 24.0 Å². The van der Waals surface area contributed by atoms with Crippen molar-refractivity contribution < 1.29 is 4.79 Å². The molecule has 3 aromatic heterocycles. The Morgan fingerprint density at radius 1 is 1.24 bits per heavy atom. The zero-order chi connectivity index (χ0) is 17.2. The molecule has 6 heteroatoms. The highest BCUT2D eigenvalue weighted by Gasteiger charge is 2.28. The van der Waals surface area contributed by atoms with Gasteiger partial charge in [-0.25, -0.2) is 9.67 Å². The van der Waals surface area contributed by atoms with Crippen molar-refractivity contribution in [2.45, 2.75) is 32.1 Å². The van der Waals surface area contributed by atoms with Gasteiger partial charge in [-0.3, -0.25) is 9.78 Å². The van der Waals surface area contributed by atoms with Gasteiger partial charge in [-0.15, -0.1) is 0 Å². The molecular weight excluding hydrogens is 314 g/mol. The first-order chi connectivity index (χ1) is 12.2. The highest BCUT2D eigenvalue weighted by molar-refractivity contribution is 5.91. The normalized spacial score (nSPS) is 13.6. The molecule has 1 aliphatic carbocycles. The number of hydrogen-bond acceptors (Lipinski definition) is 4. The molecule has 0 saturated heterocycles. The maximum Gasteiger partial charge on any atom is 0.230 e. The molecule has 1 fully saturated rings. The average Bonchev–Trinajstić information content (AvgIpc) is 3.38. The summed E-state index contributed by atoms with van der Waals surface area (Å²) in [6.45, 7) is 1.99. The van der Waals surface area contributed by atoms with Crippen LogP contribution in [0.3, 0.4) is 0 Å². The molecule has 6 nitrogen and oxygen atoms in total. The van der Waals surface area contributed by atoms with Crippen molar-refractivity contribution in [1.82, 2.24) is 19.7 Å². The molecule has 25 heavy (non-hydrogen) atoms. The Bertz CT molecular complexity index is 882. The van der Waals surface area contributed by atoms with E-state index in [4.69, 9.17) is 0 Å². The summed E-state index contributed by atoms with van der Waals surface area (Å²) in [6.07, 6.45) is 6.02. The van der Waals surface area contributed by atoms with E-state index < -0.39 is 0 Å². The summed E-state index contributed by atoms with van der Waals surface area (Å²) >= 11 is 0. The van der Waals surface area contributed by atoms with Crippen LogP contribution in [-0.4, -0.2) is 25.7 Å². The van der Waals surface area contributed by atoms with Crippen LogP contribution in [0.5, 0.6) is 0 Å². The quantitative estimate of drug-likeness (QED) is 0.779. The first-order valence-electron chi connectivity index (χ1n) is 8.42. The number of anilines is 1. The Morgan fingerprint density at radius 2 is 2.12 bits per heavy atom. The van der Waals surface area contributed by atoms with Gasteiger partial charge in [-0.05, 0) is 50.1 Å². The van der Waals surface area contributed by atoms with Gasteiger partial charge in [0.2, 0.25) is 5.91 Å². The van der Waals surface area contributed by atoms with E-state index in [1.54, 1.807) is 12.4 Å². The van der Waals surface area contributed by atoms with Crippen LogP contribution < -0.4 is 5.32 Å². The molecule has 0 aromatic carbocycles. The monoisotopic (exact) mass is 333 g/mol. The largest absolute Gasteiger partial charge is 0.324 e. The molecule has 3 aromatic rings. The van der Waals surface area contributed by atoms with Gasteiger partial charge < -0.3 is 5.32 Å². The van der Waals surface area contributed by atoms with Crippen LogP contribution in [0.1, 0.15) is 35.8 Å². The number of carbonyl (C=O) groups is 1. The lowest BCUT2D eigenvalue weighted by Crippen LogP contribution is -2.15. The minimum Gasteiger partial charge on any atom is -0.324 e. The van der Waals surface area contributed by atoms with E-state index in [1.165, 1.54) is 18.5 Å². The second-order valence-corrected chi connectivity index (χ2v) is 6.35. The summed E-state index contributed by atoms with van der Waals surface area (Å²) in [4.78, 5) is 20.7. The number of aryl methyl sites for hydroxylation is 1. The van der Waals surface area contributed by atoms with Crippen molar-refractivity contribution in [3.8, 4) is 5.82 Å². The fraction of sp³-hybridized carbons (Fsp3) is 0.263. The molecule has 1 aliphatic rings. The SMILES string of the molecule is Cc1cc(C2CC2)n(-c2ccc(NC(=O)Cc3ccccn3)cn2)n1. The summed E-state index contributed by atoms with van der Waals surface area (Å²) in [5.74, 6) is 1.26. The fourth-order valence-electron chi connectivity index (χ4n) is 2.83. The number of rotatable bonds is 5. The van der Waals surface area contributed by atoms with Crippen LogP contribution >= 0.6 is 0 Å². The van der Waals surface area contributed by atoms with Crippen LogP contribution in [-0.2, 0) is 11.2 Å². The molecule has 126 valence electrons. The highest BCUT2D eigenvalue weighted by atomic mass is 16.1. The smallest absolute Gasteiger partial charge is 0.230 e. The summed E-state index contributed by atoms with van der Waals surface area (Å²) in [5.41, 5.74) is 3.63. The first kappa shape index (κ1) is 15.5. The van der Waals surface area contributed by atoms with Crippen LogP contribution in [0.2, 0.25) is 0 Å². The molecule has 0 unspecified atom stereocenters. The first-order valence-corrected chi connectivity index (χ1v) is 8.42. The minimum atomic E-state index is -0.109. The van der Waals surface area contributed by atoms with E-state index >= 15 is 0 Å². The molecule has 3 heterocycles. The predicted molar refractivity (Wildman–Crippen MR) is 94.6 cm³/mol. The van der Waals surface area contributed by atoms with Crippen molar-refractivity contribution in [2.24, 2.45) is 0 Å². The number of nitrogens with one attached hydrogen (secondary N) is 1. The number of pyridine rings is 2. The van der Waals surface area contributed by atoms with Gasteiger partial charge in [0.1, 0.15) is 0 Å². The van der Waals surface area contributed by atoms with Crippen molar-refractivity contribution in [3.05, 3.63) is 65.9 Å². The van der Waals surface area contributed by atoms with E-state index in [-0.39, 0.29) is 12.3 Å². The maximum absolute atomic E-state index is 12.1. The van der Waals surface area contributed by atoms with Crippen molar-refractivity contribution in [2.75, 3.05) is 5.32 Å². The predicted octanol–water partition coefficient (Wildman–Crippen LogP) is 3.03. The molecule has 1 amide bonds. The second-order valence-electron chi connectivity index (χ2n) is 6.35. The van der Waals surface area contributed by atoms with Gasteiger partial charge in [0.25, 0.3) is 0 Å². The third-order valence-electron chi connectivity index (χ3n) is 4.17. The van der Waals surface area contributed by atoms with Crippen molar-refractivity contribution in [1.29, 1.82) is 0 Å². The van der Waals surface area contributed by atoms with Gasteiger partial charge >= 0.3 is 0 Å². The molecule has 0 spiro atoms. The molecule has 0 aliphatic heterocycles. The maximum atomic E-state index is 12.1. The summed E-state index contributed by atoms with van der Waals surface area (Å²) < 4.78 is 1.91. The number of nitrogens with zero attached hydrogens (tertiary/aromatic N) is 4. The van der Waals surface area contributed by atoms with Crippen LogP contribution in [0.25, 0.3) is 5.82 Å². The van der Waals surface area contributed by atoms with Gasteiger partial charge in [0.15, 0.2) is 5.82 Å².